The normalized spacial score (nSPS) is 12.2. The summed E-state index contributed by atoms with van der Waals surface area (Å²) < 4.78 is 26.1. The van der Waals surface area contributed by atoms with Crippen molar-refractivity contribution in [2.24, 2.45) is 0 Å². The van der Waals surface area contributed by atoms with Gasteiger partial charge < -0.3 is 0 Å². The molecule has 0 aliphatic rings. The van der Waals surface area contributed by atoms with E-state index in [2.05, 4.69) is 38.5 Å². The van der Waals surface area contributed by atoms with E-state index in [1.54, 1.807) is 12.3 Å². The Balaban J connectivity index is 2.94. The van der Waals surface area contributed by atoms with E-state index in [4.69, 9.17) is 0 Å². The predicted molar refractivity (Wildman–Crippen MR) is 72.6 cm³/mol. The monoisotopic (exact) mass is 399 g/mol. The summed E-state index contributed by atoms with van der Waals surface area (Å²) in [6.07, 6.45) is 2.83. The average Bonchev–Trinajstić information content (AvgIpc) is 2.42. The van der Waals surface area contributed by atoms with Crippen molar-refractivity contribution in [3.8, 4) is 0 Å². The molecule has 0 spiro atoms. The molecule has 1 aromatic carbocycles. The van der Waals surface area contributed by atoms with Crippen LogP contribution >= 0.6 is 38.5 Å². The Morgan fingerprint density at radius 3 is 2.67 bits per heavy atom. The molecule has 0 radical (unpaired) electrons. The van der Waals surface area contributed by atoms with E-state index in [-0.39, 0.29) is 0 Å². The first kappa shape index (κ1) is 11.4. The molecule has 0 fully saturated rings. The van der Waals surface area contributed by atoms with Gasteiger partial charge >= 0.3 is 0 Å². The lowest BCUT2D eigenvalue weighted by Crippen LogP contribution is -2.08. The summed E-state index contributed by atoms with van der Waals surface area (Å²) in [6, 6.07) is 5.61. The van der Waals surface area contributed by atoms with Gasteiger partial charge in [-0.25, -0.2) is 12.4 Å². The first-order valence-corrected chi connectivity index (χ1v) is 7.78. The van der Waals surface area contributed by atoms with Gasteiger partial charge in [0.2, 0.25) is 10.0 Å². The smallest absolute Gasteiger partial charge is 0.236 e. The molecule has 0 aliphatic heterocycles. The van der Waals surface area contributed by atoms with Gasteiger partial charge in [-0.15, -0.1) is 0 Å². The van der Waals surface area contributed by atoms with Gasteiger partial charge in [-0.3, -0.25) is 0 Å². The number of nitrogens with zero attached hydrogens (tertiary/aromatic N) is 1. The SMILES string of the molecule is CS(=O)(=O)n1cc(I)c2ccc(Br)cc21. The van der Waals surface area contributed by atoms with Crippen LogP contribution in [0.15, 0.2) is 28.9 Å². The molecule has 0 saturated carbocycles. The molecule has 15 heavy (non-hydrogen) atoms. The van der Waals surface area contributed by atoms with E-state index >= 15 is 0 Å². The van der Waals surface area contributed by atoms with E-state index in [1.165, 1.54) is 10.2 Å². The lowest BCUT2D eigenvalue weighted by Gasteiger charge is -2.01. The van der Waals surface area contributed by atoms with Crippen LogP contribution in [-0.2, 0) is 10.0 Å². The molecule has 6 heteroatoms. The third-order valence-electron chi connectivity index (χ3n) is 2.04. The minimum Gasteiger partial charge on any atom is -0.244 e. The van der Waals surface area contributed by atoms with Crippen LogP contribution in [0.1, 0.15) is 0 Å². The highest BCUT2D eigenvalue weighted by atomic mass is 127. The molecule has 0 amide bonds. The van der Waals surface area contributed by atoms with Gasteiger partial charge in [0.1, 0.15) is 0 Å². The molecule has 0 unspecified atom stereocenters. The number of benzene rings is 1. The molecular weight excluding hydrogens is 393 g/mol. The Morgan fingerprint density at radius 1 is 1.40 bits per heavy atom. The van der Waals surface area contributed by atoms with Gasteiger partial charge in [0.25, 0.3) is 0 Å². The summed E-state index contributed by atoms with van der Waals surface area (Å²) in [5.41, 5.74) is 0.705. The second-order valence-corrected chi connectivity index (χ2v) is 7.13. The quantitative estimate of drug-likeness (QED) is 0.691. The van der Waals surface area contributed by atoms with Crippen molar-refractivity contribution in [2.75, 3.05) is 6.26 Å². The van der Waals surface area contributed by atoms with Crippen LogP contribution in [0.25, 0.3) is 10.9 Å². The zero-order valence-electron chi connectivity index (χ0n) is 7.74. The van der Waals surface area contributed by atoms with Crippen molar-refractivity contribution in [1.82, 2.24) is 3.97 Å². The summed E-state index contributed by atoms with van der Waals surface area (Å²) in [4.78, 5) is 0. The van der Waals surface area contributed by atoms with Crippen molar-refractivity contribution in [1.29, 1.82) is 0 Å². The first-order chi connectivity index (χ1) is 6.89. The van der Waals surface area contributed by atoms with E-state index in [0.717, 1.165) is 13.4 Å². The lowest BCUT2D eigenvalue weighted by atomic mass is 10.3. The Hall–Kier alpha value is -0.0800. The molecular formula is C9H7BrINO2S. The molecule has 0 bridgehead atoms. The van der Waals surface area contributed by atoms with E-state index in [1.807, 2.05) is 12.1 Å². The largest absolute Gasteiger partial charge is 0.244 e. The Labute approximate surface area is 110 Å². The van der Waals surface area contributed by atoms with Crippen molar-refractivity contribution >= 4 is 59.4 Å². The van der Waals surface area contributed by atoms with Gasteiger partial charge in [0.15, 0.2) is 0 Å². The predicted octanol–water partition coefficient (Wildman–Crippen LogP) is 2.82. The summed E-state index contributed by atoms with van der Waals surface area (Å²) in [7, 11) is -3.23. The Morgan fingerprint density at radius 2 is 2.07 bits per heavy atom. The maximum Gasteiger partial charge on any atom is 0.236 e. The standard InChI is InChI=1S/C9H7BrINO2S/c1-15(13,14)12-5-8(11)7-3-2-6(10)4-9(7)12/h2-5H,1H3. The topological polar surface area (TPSA) is 39.1 Å². The fraction of sp³-hybridized carbons (Fsp3) is 0.111. The molecule has 0 atom stereocenters. The fourth-order valence-electron chi connectivity index (χ4n) is 1.41. The van der Waals surface area contributed by atoms with Crippen LogP contribution in [0.5, 0.6) is 0 Å². The average molecular weight is 400 g/mol. The zero-order chi connectivity index (χ0) is 11.2. The summed E-state index contributed by atoms with van der Waals surface area (Å²) in [5, 5.41) is 0.948. The summed E-state index contributed by atoms with van der Waals surface area (Å²) in [5.74, 6) is 0. The molecule has 0 N–H and O–H groups in total. The van der Waals surface area contributed by atoms with Gasteiger partial charge in [0, 0.05) is 19.6 Å². The van der Waals surface area contributed by atoms with Crippen LogP contribution in [-0.4, -0.2) is 18.6 Å². The third-order valence-corrected chi connectivity index (χ3v) is 4.41. The molecule has 2 rings (SSSR count). The minimum absolute atomic E-state index is 0.705. The fourth-order valence-corrected chi connectivity index (χ4v) is 3.48. The van der Waals surface area contributed by atoms with Crippen LogP contribution in [0.2, 0.25) is 0 Å². The maximum absolute atomic E-state index is 11.5. The zero-order valence-corrected chi connectivity index (χ0v) is 12.3. The highest BCUT2D eigenvalue weighted by molar-refractivity contribution is 14.1. The molecule has 80 valence electrons. The van der Waals surface area contributed by atoms with Gasteiger partial charge in [-0.1, -0.05) is 22.0 Å². The van der Waals surface area contributed by atoms with E-state index < -0.39 is 10.0 Å². The van der Waals surface area contributed by atoms with Crippen molar-refractivity contribution < 1.29 is 8.42 Å². The molecule has 1 heterocycles. The summed E-state index contributed by atoms with van der Waals surface area (Å²) >= 11 is 5.46. The molecule has 1 aromatic heterocycles. The van der Waals surface area contributed by atoms with E-state index in [0.29, 0.717) is 5.52 Å². The molecule has 2 aromatic rings. The van der Waals surface area contributed by atoms with Gasteiger partial charge in [-0.2, -0.15) is 0 Å². The highest BCUT2D eigenvalue weighted by Gasteiger charge is 2.13. The Bertz CT molecular complexity index is 633. The van der Waals surface area contributed by atoms with Crippen LogP contribution < -0.4 is 0 Å². The van der Waals surface area contributed by atoms with Gasteiger partial charge in [-0.05, 0) is 34.7 Å². The van der Waals surface area contributed by atoms with Crippen molar-refractivity contribution in [2.45, 2.75) is 0 Å². The number of hydrogen-bond acceptors (Lipinski definition) is 2. The number of halogens is 2. The highest BCUT2D eigenvalue weighted by Crippen LogP contribution is 2.26. The van der Waals surface area contributed by atoms with Gasteiger partial charge in [0.05, 0.1) is 11.8 Å². The molecule has 3 nitrogen and oxygen atoms in total. The molecule has 0 aliphatic carbocycles. The number of fused-ring (bicyclic) bond motifs is 1. The van der Waals surface area contributed by atoms with Crippen LogP contribution in [0.4, 0.5) is 0 Å². The minimum atomic E-state index is -3.23. The van der Waals surface area contributed by atoms with Crippen molar-refractivity contribution in [3.05, 3.63) is 32.4 Å². The van der Waals surface area contributed by atoms with Crippen molar-refractivity contribution in [3.63, 3.8) is 0 Å². The maximum atomic E-state index is 11.5. The first-order valence-electron chi connectivity index (χ1n) is 4.06. The second-order valence-electron chi connectivity index (χ2n) is 3.20. The Kier molecular flexibility index (Phi) is 2.85. The number of aromatic nitrogens is 1. The third kappa shape index (κ3) is 2.07. The van der Waals surface area contributed by atoms with Crippen LogP contribution in [0.3, 0.4) is 0 Å². The summed E-state index contributed by atoms with van der Waals surface area (Å²) in [6.45, 7) is 0. The second kappa shape index (κ2) is 3.74. The van der Waals surface area contributed by atoms with E-state index in [9.17, 15) is 8.42 Å². The lowest BCUT2D eigenvalue weighted by molar-refractivity contribution is 0.595. The van der Waals surface area contributed by atoms with Crippen LogP contribution in [0, 0.1) is 3.57 Å². The number of hydrogen-bond donors (Lipinski definition) is 0. The number of rotatable bonds is 1. The molecule has 0 saturated heterocycles.